The fourth-order valence-electron chi connectivity index (χ4n) is 4.24. The maximum Gasteiger partial charge on any atom is 0.244 e. The number of halogens is 2. The Kier molecular flexibility index (Phi) is 11.8. The standard InChI is InChI=1S/C30H35Br2N3O4S/c1-4-5-17-33-30(37)28(19-23-9-7-6-8-10-23)34(20-24-11-13-25(31)14-12-24)29(36)21-35(40(3,38)39)26-15-16-27(32)22(2)18-26/h6-16,18,28H,4-5,17,19-21H2,1-3H3,(H,33,37)/t28-/m0/s1. The maximum atomic E-state index is 14.1. The van der Waals surface area contributed by atoms with Crippen LogP contribution in [0.1, 0.15) is 36.5 Å². The van der Waals surface area contributed by atoms with Gasteiger partial charge in [0.25, 0.3) is 0 Å². The largest absolute Gasteiger partial charge is 0.354 e. The molecule has 0 heterocycles. The zero-order chi connectivity index (χ0) is 29.3. The lowest BCUT2D eigenvalue weighted by Crippen LogP contribution is -2.53. The van der Waals surface area contributed by atoms with Crippen LogP contribution in [0.3, 0.4) is 0 Å². The minimum Gasteiger partial charge on any atom is -0.354 e. The molecule has 0 aliphatic heterocycles. The van der Waals surface area contributed by atoms with E-state index in [0.717, 1.165) is 49.0 Å². The molecule has 2 amide bonds. The number of carbonyl (C=O) groups is 2. The predicted octanol–water partition coefficient (Wildman–Crippen LogP) is 5.84. The van der Waals surface area contributed by atoms with E-state index in [0.29, 0.717) is 12.2 Å². The number of hydrogen-bond acceptors (Lipinski definition) is 4. The Labute approximate surface area is 254 Å². The van der Waals surface area contributed by atoms with Gasteiger partial charge in [-0.15, -0.1) is 0 Å². The van der Waals surface area contributed by atoms with Gasteiger partial charge in [-0.2, -0.15) is 0 Å². The van der Waals surface area contributed by atoms with Gasteiger partial charge in [-0.3, -0.25) is 13.9 Å². The van der Waals surface area contributed by atoms with Crippen LogP contribution in [-0.2, 0) is 32.6 Å². The lowest BCUT2D eigenvalue weighted by molar-refractivity contribution is -0.140. The van der Waals surface area contributed by atoms with Crippen LogP contribution in [0.15, 0.2) is 81.7 Å². The Hall–Kier alpha value is -2.69. The number of rotatable bonds is 13. The highest BCUT2D eigenvalue weighted by Gasteiger charge is 2.33. The summed E-state index contributed by atoms with van der Waals surface area (Å²) in [5, 5.41) is 2.99. The highest BCUT2D eigenvalue weighted by Crippen LogP contribution is 2.25. The molecule has 0 aliphatic carbocycles. The molecule has 3 aromatic carbocycles. The number of nitrogens with zero attached hydrogens (tertiary/aromatic N) is 2. The molecule has 3 aromatic rings. The third-order valence-electron chi connectivity index (χ3n) is 6.48. The summed E-state index contributed by atoms with van der Waals surface area (Å²) in [6.07, 6.45) is 3.10. The number of anilines is 1. The van der Waals surface area contributed by atoms with Crippen molar-refractivity contribution in [1.82, 2.24) is 10.2 Å². The van der Waals surface area contributed by atoms with E-state index >= 15 is 0 Å². The zero-order valence-corrected chi connectivity index (χ0v) is 26.9. The van der Waals surface area contributed by atoms with Gasteiger partial charge in [-0.1, -0.05) is 87.7 Å². The number of hydrogen-bond donors (Lipinski definition) is 1. The van der Waals surface area contributed by atoms with Crippen molar-refractivity contribution in [3.63, 3.8) is 0 Å². The summed E-state index contributed by atoms with van der Waals surface area (Å²) in [4.78, 5) is 29.2. The molecule has 10 heteroatoms. The van der Waals surface area contributed by atoms with Crippen molar-refractivity contribution in [1.29, 1.82) is 0 Å². The summed E-state index contributed by atoms with van der Waals surface area (Å²) in [6, 6.07) is 21.3. The summed E-state index contributed by atoms with van der Waals surface area (Å²) >= 11 is 6.89. The summed E-state index contributed by atoms with van der Waals surface area (Å²) < 4.78 is 28.6. The van der Waals surface area contributed by atoms with E-state index in [2.05, 4.69) is 37.2 Å². The van der Waals surface area contributed by atoms with Gasteiger partial charge in [0.1, 0.15) is 12.6 Å². The fraction of sp³-hybridized carbons (Fsp3) is 0.333. The molecule has 0 saturated carbocycles. The number of nitrogens with one attached hydrogen (secondary N) is 1. The fourth-order valence-corrected chi connectivity index (χ4v) is 5.60. The number of aryl methyl sites for hydroxylation is 1. The maximum absolute atomic E-state index is 14.1. The van der Waals surface area contributed by atoms with Gasteiger partial charge in [-0.05, 0) is 60.4 Å². The molecule has 1 atom stereocenters. The highest BCUT2D eigenvalue weighted by molar-refractivity contribution is 9.10. The van der Waals surface area contributed by atoms with Crippen molar-refractivity contribution < 1.29 is 18.0 Å². The molecule has 3 rings (SSSR count). The number of amides is 2. The highest BCUT2D eigenvalue weighted by atomic mass is 79.9. The van der Waals surface area contributed by atoms with Crippen molar-refractivity contribution in [2.24, 2.45) is 0 Å². The molecule has 0 unspecified atom stereocenters. The van der Waals surface area contributed by atoms with Gasteiger partial charge >= 0.3 is 0 Å². The van der Waals surface area contributed by atoms with Crippen molar-refractivity contribution in [3.8, 4) is 0 Å². The van der Waals surface area contributed by atoms with Crippen LogP contribution in [0, 0.1) is 6.92 Å². The Morgan fingerprint density at radius 2 is 1.62 bits per heavy atom. The molecule has 214 valence electrons. The molecule has 0 fully saturated rings. The minimum absolute atomic E-state index is 0.141. The molecular formula is C30H35Br2N3O4S. The van der Waals surface area contributed by atoms with Crippen LogP contribution in [0.4, 0.5) is 5.69 Å². The molecule has 0 spiro atoms. The number of sulfonamides is 1. The first-order valence-corrected chi connectivity index (χ1v) is 16.5. The topological polar surface area (TPSA) is 86.8 Å². The van der Waals surface area contributed by atoms with Crippen LogP contribution in [-0.4, -0.2) is 50.5 Å². The molecule has 0 aliphatic rings. The van der Waals surface area contributed by atoms with Gasteiger partial charge in [0, 0.05) is 28.5 Å². The van der Waals surface area contributed by atoms with Crippen molar-refractivity contribution in [3.05, 3.63) is 98.4 Å². The van der Waals surface area contributed by atoms with E-state index in [1.165, 1.54) is 4.90 Å². The normalized spacial score (nSPS) is 12.0. The SMILES string of the molecule is CCCCNC(=O)[C@H](Cc1ccccc1)N(Cc1ccc(Br)cc1)C(=O)CN(c1ccc(Br)c(C)c1)S(C)(=O)=O. The van der Waals surface area contributed by atoms with Gasteiger partial charge < -0.3 is 10.2 Å². The average molecular weight is 694 g/mol. The van der Waals surface area contributed by atoms with E-state index in [1.54, 1.807) is 18.2 Å². The molecule has 0 saturated heterocycles. The van der Waals surface area contributed by atoms with E-state index in [9.17, 15) is 18.0 Å². The molecule has 1 N–H and O–H groups in total. The quantitative estimate of drug-likeness (QED) is 0.228. The van der Waals surface area contributed by atoms with Crippen LogP contribution in [0.2, 0.25) is 0 Å². The number of unbranched alkanes of at least 4 members (excludes halogenated alkanes) is 1. The third kappa shape index (κ3) is 9.17. The molecule has 0 bridgehead atoms. The number of carbonyl (C=O) groups excluding carboxylic acids is 2. The molecule has 7 nitrogen and oxygen atoms in total. The molecule has 0 aromatic heterocycles. The summed E-state index contributed by atoms with van der Waals surface area (Å²) in [5.41, 5.74) is 2.94. The lowest BCUT2D eigenvalue weighted by atomic mass is 10.0. The van der Waals surface area contributed by atoms with Gasteiger partial charge in [0.15, 0.2) is 0 Å². The monoisotopic (exact) mass is 691 g/mol. The van der Waals surface area contributed by atoms with Crippen LogP contribution in [0.5, 0.6) is 0 Å². The smallest absolute Gasteiger partial charge is 0.244 e. The minimum atomic E-state index is -3.81. The summed E-state index contributed by atoms with van der Waals surface area (Å²) in [6.45, 7) is 4.09. The second-order valence-corrected chi connectivity index (χ2v) is 13.4. The summed E-state index contributed by atoms with van der Waals surface area (Å²) in [5.74, 6) is -0.742. The first-order valence-electron chi connectivity index (χ1n) is 13.1. The molecular weight excluding hydrogens is 658 g/mol. The third-order valence-corrected chi connectivity index (χ3v) is 9.03. The Morgan fingerprint density at radius 1 is 0.950 bits per heavy atom. The second kappa shape index (κ2) is 14.8. The zero-order valence-electron chi connectivity index (χ0n) is 22.9. The van der Waals surface area contributed by atoms with E-state index in [1.807, 2.05) is 68.4 Å². The van der Waals surface area contributed by atoms with E-state index in [4.69, 9.17) is 0 Å². The molecule has 40 heavy (non-hydrogen) atoms. The predicted molar refractivity (Wildman–Crippen MR) is 168 cm³/mol. The Bertz CT molecular complexity index is 1400. The van der Waals surface area contributed by atoms with Gasteiger partial charge in [0.2, 0.25) is 21.8 Å². The Morgan fingerprint density at radius 3 is 2.23 bits per heavy atom. The molecule has 0 radical (unpaired) electrons. The van der Waals surface area contributed by atoms with Crippen molar-refractivity contribution in [2.45, 2.75) is 45.7 Å². The number of benzene rings is 3. The van der Waals surface area contributed by atoms with Crippen LogP contribution in [0.25, 0.3) is 0 Å². The first-order chi connectivity index (χ1) is 19.0. The lowest BCUT2D eigenvalue weighted by Gasteiger charge is -2.33. The summed E-state index contributed by atoms with van der Waals surface area (Å²) in [7, 11) is -3.81. The first kappa shape index (κ1) is 31.8. The Balaban J connectivity index is 2.03. The van der Waals surface area contributed by atoms with Crippen molar-refractivity contribution in [2.75, 3.05) is 23.7 Å². The van der Waals surface area contributed by atoms with Crippen LogP contribution >= 0.6 is 31.9 Å². The second-order valence-electron chi connectivity index (χ2n) is 9.70. The van der Waals surface area contributed by atoms with E-state index in [-0.39, 0.29) is 18.9 Å². The van der Waals surface area contributed by atoms with E-state index < -0.39 is 28.5 Å². The van der Waals surface area contributed by atoms with Gasteiger partial charge in [0.05, 0.1) is 11.9 Å². The van der Waals surface area contributed by atoms with Crippen molar-refractivity contribution >= 4 is 59.4 Å². The average Bonchev–Trinajstić information content (AvgIpc) is 2.92. The van der Waals surface area contributed by atoms with Gasteiger partial charge in [-0.25, -0.2) is 8.42 Å². The van der Waals surface area contributed by atoms with Crippen LogP contribution < -0.4 is 9.62 Å².